The van der Waals surface area contributed by atoms with Crippen LogP contribution in [0.3, 0.4) is 0 Å². The topological polar surface area (TPSA) is 117 Å². The summed E-state index contributed by atoms with van der Waals surface area (Å²) in [4.78, 5) is 17.8. The van der Waals surface area contributed by atoms with Crippen LogP contribution in [0, 0.1) is 6.92 Å². The lowest BCUT2D eigenvalue weighted by molar-refractivity contribution is 0.276. The fourth-order valence-electron chi connectivity index (χ4n) is 3.73. The summed E-state index contributed by atoms with van der Waals surface area (Å²) in [6.45, 7) is 1.68. The Balaban J connectivity index is 2.30. The Bertz CT molecular complexity index is 1180. The van der Waals surface area contributed by atoms with Crippen molar-refractivity contribution in [3.8, 4) is 28.7 Å². The molecule has 180 valence electrons. The lowest BCUT2D eigenvalue weighted by Gasteiger charge is -2.22. The van der Waals surface area contributed by atoms with E-state index in [-0.39, 0.29) is 17.1 Å². The highest BCUT2D eigenvalue weighted by Crippen LogP contribution is 2.51. The number of hydrogen-bond donors (Lipinski definition) is 2. The fourth-order valence-corrected chi connectivity index (χ4v) is 4.68. The van der Waals surface area contributed by atoms with E-state index >= 15 is 0 Å². The van der Waals surface area contributed by atoms with Crippen molar-refractivity contribution in [1.82, 2.24) is 0 Å². The molecule has 3 aromatic rings. The predicted molar refractivity (Wildman–Crippen MR) is 124 cm³/mol. The minimum atomic E-state index is -4.91. The lowest BCUT2D eigenvalue weighted by atomic mass is 9.90. The molecule has 0 radical (unpaired) electrons. The molecule has 0 amide bonds. The van der Waals surface area contributed by atoms with Crippen molar-refractivity contribution < 1.29 is 42.2 Å². The minimum Gasteiger partial charge on any atom is -0.493 e. The zero-order valence-corrected chi connectivity index (χ0v) is 20.8. The molecule has 0 aliphatic rings. The number of methoxy groups -OCH3 is 4. The highest BCUT2D eigenvalue weighted by molar-refractivity contribution is 7.46. The molecule has 1 unspecified atom stereocenters. The zero-order chi connectivity index (χ0) is 24.5. The number of aryl methyl sites for hydroxylation is 1. The third-order valence-corrected chi connectivity index (χ3v) is 5.96. The van der Waals surface area contributed by atoms with Crippen LogP contribution in [0.15, 0.2) is 28.7 Å². The summed E-state index contributed by atoms with van der Waals surface area (Å²) in [5, 5.41) is 0.488. The summed E-state index contributed by atoms with van der Waals surface area (Å²) in [5.74, 6) is 0.843. The SMILES string of the molecule is COc1cc(C(c2c(C)oc3c(OP(=O)(O)O)c(OC)ccc23)C(Cl)Cl)cc(OC)c1OC. The Morgan fingerprint density at radius 1 is 0.909 bits per heavy atom. The van der Waals surface area contributed by atoms with E-state index in [1.54, 1.807) is 25.1 Å². The molecule has 0 bridgehead atoms. The van der Waals surface area contributed by atoms with Gasteiger partial charge in [-0.3, -0.25) is 9.79 Å². The molecule has 1 heterocycles. The van der Waals surface area contributed by atoms with E-state index in [1.165, 1.54) is 34.5 Å². The van der Waals surface area contributed by atoms with Gasteiger partial charge in [0.1, 0.15) is 10.6 Å². The Hall–Kier alpha value is -2.29. The molecule has 12 heteroatoms. The molecule has 9 nitrogen and oxygen atoms in total. The van der Waals surface area contributed by atoms with Crippen LogP contribution in [0.25, 0.3) is 11.0 Å². The molecule has 0 fully saturated rings. The van der Waals surface area contributed by atoms with Gasteiger partial charge >= 0.3 is 7.82 Å². The monoisotopic (exact) mass is 520 g/mol. The maximum absolute atomic E-state index is 11.6. The van der Waals surface area contributed by atoms with Crippen molar-refractivity contribution in [2.24, 2.45) is 0 Å². The smallest absolute Gasteiger partial charge is 0.493 e. The standard InChI is InChI=1S/C21H23Cl2O9P/c1-10-16(12-6-7-13(27-2)20(18(12)31-10)32-33(24,25)26)17(21(22)23)11-8-14(28-3)19(30-5)15(9-11)29-4/h6-9,17,21H,1-5H3,(H2,24,25,26). The summed E-state index contributed by atoms with van der Waals surface area (Å²) in [5.41, 5.74) is 1.31. The molecule has 1 atom stereocenters. The van der Waals surface area contributed by atoms with E-state index in [4.69, 9.17) is 51.1 Å². The van der Waals surface area contributed by atoms with Crippen molar-refractivity contribution in [3.05, 3.63) is 41.2 Å². The first kappa shape index (κ1) is 25.3. The van der Waals surface area contributed by atoms with Crippen LogP contribution in [0.4, 0.5) is 0 Å². The molecule has 2 aromatic carbocycles. The van der Waals surface area contributed by atoms with Crippen LogP contribution in [-0.2, 0) is 4.57 Å². The van der Waals surface area contributed by atoms with Crippen LogP contribution in [-0.4, -0.2) is 43.1 Å². The number of phosphoric ester groups is 1. The molecule has 0 saturated heterocycles. The van der Waals surface area contributed by atoms with Gasteiger partial charge in [-0.25, -0.2) is 4.57 Å². The fraction of sp³-hybridized carbons (Fsp3) is 0.333. The Labute approximate surface area is 200 Å². The first-order valence-corrected chi connectivity index (χ1v) is 11.9. The molecule has 33 heavy (non-hydrogen) atoms. The van der Waals surface area contributed by atoms with Gasteiger partial charge in [-0.05, 0) is 36.8 Å². The van der Waals surface area contributed by atoms with Gasteiger partial charge in [-0.2, -0.15) is 0 Å². The van der Waals surface area contributed by atoms with Gasteiger partial charge in [0.25, 0.3) is 0 Å². The number of halogens is 2. The quantitative estimate of drug-likeness (QED) is 0.290. The van der Waals surface area contributed by atoms with Crippen LogP contribution >= 0.6 is 31.0 Å². The lowest BCUT2D eigenvalue weighted by Crippen LogP contribution is -2.11. The maximum atomic E-state index is 11.6. The molecule has 1 aromatic heterocycles. The number of hydrogen-bond acceptors (Lipinski definition) is 7. The first-order valence-electron chi connectivity index (χ1n) is 9.49. The van der Waals surface area contributed by atoms with Crippen molar-refractivity contribution in [2.75, 3.05) is 28.4 Å². The normalized spacial score (nSPS) is 12.7. The van der Waals surface area contributed by atoms with E-state index in [1.807, 2.05) is 0 Å². The van der Waals surface area contributed by atoms with Crippen molar-refractivity contribution in [3.63, 3.8) is 0 Å². The van der Waals surface area contributed by atoms with E-state index in [9.17, 15) is 14.4 Å². The van der Waals surface area contributed by atoms with Gasteiger partial charge < -0.3 is 27.9 Å². The average Bonchev–Trinajstić information content (AvgIpc) is 3.08. The molecular weight excluding hydrogens is 498 g/mol. The van der Waals surface area contributed by atoms with E-state index in [0.717, 1.165) is 0 Å². The van der Waals surface area contributed by atoms with Crippen molar-refractivity contribution in [2.45, 2.75) is 17.7 Å². The van der Waals surface area contributed by atoms with Crippen LogP contribution in [0.2, 0.25) is 0 Å². The van der Waals surface area contributed by atoms with Crippen LogP contribution in [0.5, 0.6) is 28.7 Å². The van der Waals surface area contributed by atoms with Crippen LogP contribution < -0.4 is 23.5 Å². The van der Waals surface area contributed by atoms with Gasteiger partial charge in [0.15, 0.2) is 22.8 Å². The number of rotatable bonds is 9. The van der Waals surface area contributed by atoms with Gasteiger partial charge in [0.2, 0.25) is 11.5 Å². The van der Waals surface area contributed by atoms with Gasteiger partial charge in [-0.15, -0.1) is 23.2 Å². The summed E-state index contributed by atoms with van der Waals surface area (Å²) in [6, 6.07) is 6.63. The summed E-state index contributed by atoms with van der Waals surface area (Å²) >= 11 is 12.9. The second-order valence-electron chi connectivity index (χ2n) is 6.90. The third-order valence-electron chi connectivity index (χ3n) is 5.04. The largest absolute Gasteiger partial charge is 0.525 e. The van der Waals surface area contributed by atoms with Crippen LogP contribution in [0.1, 0.15) is 22.8 Å². The average molecular weight is 521 g/mol. The number of furan rings is 1. The van der Waals surface area contributed by atoms with E-state index in [2.05, 4.69) is 0 Å². The maximum Gasteiger partial charge on any atom is 0.525 e. The Kier molecular flexibility index (Phi) is 7.61. The van der Waals surface area contributed by atoms with E-state index < -0.39 is 18.6 Å². The highest BCUT2D eigenvalue weighted by atomic mass is 35.5. The second-order valence-corrected chi connectivity index (χ2v) is 9.23. The number of phosphoric acid groups is 1. The molecule has 3 rings (SSSR count). The highest BCUT2D eigenvalue weighted by Gasteiger charge is 2.32. The van der Waals surface area contributed by atoms with Crippen molar-refractivity contribution in [1.29, 1.82) is 0 Å². The molecule has 0 aliphatic carbocycles. The van der Waals surface area contributed by atoms with E-state index in [0.29, 0.717) is 39.5 Å². The molecule has 0 spiro atoms. The second kappa shape index (κ2) is 9.91. The Morgan fingerprint density at radius 3 is 1.94 bits per heavy atom. The number of alkyl halides is 2. The molecule has 0 saturated carbocycles. The van der Waals surface area contributed by atoms with Crippen molar-refractivity contribution >= 4 is 42.0 Å². The molecule has 0 aliphatic heterocycles. The first-order chi connectivity index (χ1) is 15.6. The number of fused-ring (bicyclic) bond motifs is 1. The number of benzene rings is 2. The molecular formula is C21H23Cl2O9P. The minimum absolute atomic E-state index is 0.0802. The zero-order valence-electron chi connectivity index (χ0n) is 18.4. The van der Waals surface area contributed by atoms with Gasteiger partial charge in [0.05, 0.1) is 28.4 Å². The summed E-state index contributed by atoms with van der Waals surface area (Å²) in [7, 11) is 0.912. The van der Waals surface area contributed by atoms with Gasteiger partial charge in [-0.1, -0.05) is 0 Å². The summed E-state index contributed by atoms with van der Waals surface area (Å²) < 4.78 is 43.8. The summed E-state index contributed by atoms with van der Waals surface area (Å²) in [6.07, 6.45) is 0. The predicted octanol–water partition coefficient (Wildman–Crippen LogP) is 5.18. The van der Waals surface area contributed by atoms with Gasteiger partial charge in [0, 0.05) is 16.9 Å². The molecule has 2 N–H and O–H groups in total. The Morgan fingerprint density at radius 2 is 1.48 bits per heavy atom. The number of ether oxygens (including phenoxy) is 4. The third kappa shape index (κ3) is 4.98.